The quantitative estimate of drug-likeness (QED) is 0.196. The Morgan fingerprint density at radius 2 is 0.875 bits per heavy atom. The Bertz CT molecular complexity index is 1290. The molecule has 0 nitrogen and oxygen atoms in total. The van der Waals surface area contributed by atoms with Crippen molar-refractivity contribution < 1.29 is 57.7 Å². The van der Waals surface area contributed by atoms with Gasteiger partial charge in [-0.2, -0.15) is 0 Å². The predicted molar refractivity (Wildman–Crippen MR) is 169 cm³/mol. The van der Waals surface area contributed by atoms with Crippen LogP contribution in [-0.2, 0) is 20.4 Å². The Morgan fingerprint density at radius 3 is 1.18 bits per heavy atom. The molecular formula is C33H43Cl3Si3Ti. The van der Waals surface area contributed by atoms with Gasteiger partial charge in [0.25, 0.3) is 0 Å². The summed E-state index contributed by atoms with van der Waals surface area (Å²) in [7, 11) is -5.74. The third-order valence-electron chi connectivity index (χ3n) is 9.01. The fraction of sp³-hybridized carbons (Fsp3) is 0.333. The first-order valence-corrected chi connectivity index (χ1v) is 23.3. The van der Waals surface area contributed by atoms with Crippen molar-refractivity contribution in [3.8, 4) is 0 Å². The molecule has 1 atom stereocenters. The minimum absolute atomic E-state index is 0. The van der Waals surface area contributed by atoms with E-state index >= 15 is 0 Å². The van der Waals surface area contributed by atoms with Crippen LogP contribution in [0.15, 0.2) is 99.5 Å². The zero-order chi connectivity index (χ0) is 27.4. The molecule has 3 aromatic rings. The summed E-state index contributed by atoms with van der Waals surface area (Å²) >= 11 is 2.42. The van der Waals surface area contributed by atoms with Gasteiger partial charge in [0.15, 0.2) is 0 Å². The van der Waals surface area contributed by atoms with E-state index in [-0.39, 0.29) is 42.3 Å². The van der Waals surface area contributed by atoms with Gasteiger partial charge in [0, 0.05) is 0 Å². The summed E-state index contributed by atoms with van der Waals surface area (Å²) in [4.78, 5) is 0. The van der Waals surface area contributed by atoms with Crippen LogP contribution >= 0.6 is 0 Å². The van der Waals surface area contributed by atoms with Gasteiger partial charge in [-0.15, -0.1) is 0 Å². The average molecular weight is 678 g/mol. The zero-order valence-electron chi connectivity index (χ0n) is 25.6. The van der Waals surface area contributed by atoms with Crippen molar-refractivity contribution in [2.75, 3.05) is 0 Å². The van der Waals surface area contributed by atoms with Crippen LogP contribution in [0, 0.1) is 0 Å². The molecule has 40 heavy (non-hydrogen) atoms. The Kier molecular flexibility index (Phi) is 12.5. The van der Waals surface area contributed by atoms with Crippen LogP contribution in [0.3, 0.4) is 0 Å². The largest absolute Gasteiger partial charge is 1.00 e. The molecule has 0 amide bonds. The van der Waals surface area contributed by atoms with Gasteiger partial charge in [0.05, 0.1) is 0 Å². The summed E-state index contributed by atoms with van der Waals surface area (Å²) < 4.78 is 1.55. The summed E-state index contributed by atoms with van der Waals surface area (Å²) in [5.74, 6) is 0. The van der Waals surface area contributed by atoms with Gasteiger partial charge in [-0.25, -0.2) is 0 Å². The van der Waals surface area contributed by atoms with Gasteiger partial charge >= 0.3 is 242 Å². The molecule has 0 radical (unpaired) electrons. The number of halogens is 3. The zero-order valence-corrected chi connectivity index (χ0v) is 32.5. The molecule has 0 aliphatic heterocycles. The fourth-order valence-corrected chi connectivity index (χ4v) is 16.8. The van der Waals surface area contributed by atoms with E-state index in [1.54, 1.807) is 25.0 Å². The first-order valence-electron chi connectivity index (χ1n) is 13.6. The third kappa shape index (κ3) is 6.05. The molecular weight excluding hydrogens is 635 g/mol. The summed E-state index contributed by atoms with van der Waals surface area (Å²) in [6.45, 7) is 24.8. The number of allylic oxidation sites excluding steroid dienone is 4. The van der Waals surface area contributed by atoms with Crippen molar-refractivity contribution in [2.24, 2.45) is 0 Å². The second kappa shape index (κ2) is 13.3. The van der Waals surface area contributed by atoms with Crippen LogP contribution in [0.25, 0.3) is 0 Å². The summed E-state index contributed by atoms with van der Waals surface area (Å²) in [5.41, 5.74) is 4.51. The second-order valence-corrected chi connectivity index (χ2v) is 28.3. The normalized spacial score (nSPS) is 17.7. The number of benzene rings is 3. The Labute approximate surface area is 277 Å². The van der Waals surface area contributed by atoms with E-state index in [0.29, 0.717) is 0 Å². The topological polar surface area (TPSA) is 0 Å². The van der Waals surface area contributed by atoms with Crippen molar-refractivity contribution >= 4 is 50.2 Å². The van der Waals surface area contributed by atoms with Crippen molar-refractivity contribution in [1.82, 2.24) is 0 Å². The maximum atomic E-state index is 2.66. The molecule has 3 aromatic carbocycles. The molecule has 0 bridgehead atoms. The van der Waals surface area contributed by atoms with Crippen molar-refractivity contribution in [3.63, 3.8) is 0 Å². The number of rotatable bonds is 6. The molecule has 0 saturated heterocycles. The maximum Gasteiger partial charge on any atom is -1.00 e. The van der Waals surface area contributed by atoms with Crippen LogP contribution in [0.2, 0.25) is 44.3 Å². The SMILES string of the molecule is CC1=C(C)C(C)([Si](c2ccccc2)(c2ccccc2)c2cc([Si](C)(C)C)cc([Si](C)(C)C)c2)[C]([Ti+3])=C1C.[Cl-].[Cl-].[Cl-]. The Balaban J connectivity index is 0.00000267. The average Bonchev–Trinajstić information content (AvgIpc) is 3.00. The van der Waals surface area contributed by atoms with E-state index in [1.807, 2.05) is 0 Å². The number of hydrogen-bond donors (Lipinski definition) is 0. The van der Waals surface area contributed by atoms with Gasteiger partial charge in [-0.1, -0.05) is 0 Å². The molecule has 4 rings (SSSR count). The molecule has 1 unspecified atom stereocenters. The molecule has 1 aliphatic carbocycles. The van der Waals surface area contributed by atoms with E-state index < -0.39 is 24.2 Å². The molecule has 0 spiro atoms. The van der Waals surface area contributed by atoms with Crippen LogP contribution in [-0.4, -0.2) is 24.2 Å². The predicted octanol–water partition coefficient (Wildman–Crippen LogP) is -2.81. The standard InChI is InChI=1S/C33H43Si3.3ClH.Ti/c1-25-24-33(4,27(3)26(25)2)36(28-17-13-11-14-18-28,29-19-15-12-16-20-29)32-22-30(34(5,6)7)21-31(23-32)35(8,9)10;;;;/h11-23H,1-10H3;3*1H;/q;;;;+3/p-3. The molecule has 0 heterocycles. The van der Waals surface area contributed by atoms with Crippen molar-refractivity contribution in [3.05, 3.63) is 99.5 Å². The summed E-state index contributed by atoms with van der Waals surface area (Å²) in [6, 6.07) is 31.1. The Morgan fingerprint density at radius 1 is 0.525 bits per heavy atom. The van der Waals surface area contributed by atoms with Gasteiger partial charge < -0.3 is 37.2 Å². The molecule has 1 aliphatic rings. The van der Waals surface area contributed by atoms with E-state index in [2.05, 4.69) is 166 Å². The first kappa shape index (κ1) is 37.4. The van der Waals surface area contributed by atoms with Crippen LogP contribution in [0.4, 0.5) is 0 Å². The van der Waals surface area contributed by atoms with E-state index in [0.717, 1.165) is 0 Å². The van der Waals surface area contributed by atoms with E-state index in [4.69, 9.17) is 0 Å². The number of hydrogen-bond acceptors (Lipinski definition) is 0. The van der Waals surface area contributed by atoms with Gasteiger partial charge in [-0.3, -0.25) is 0 Å². The van der Waals surface area contributed by atoms with Crippen LogP contribution in [0.1, 0.15) is 27.7 Å². The monoisotopic (exact) mass is 676 g/mol. The minimum atomic E-state index is -2.62. The molecule has 0 fully saturated rings. The third-order valence-corrected chi connectivity index (χ3v) is 20.5. The summed E-state index contributed by atoms with van der Waals surface area (Å²) in [6.07, 6.45) is 0. The van der Waals surface area contributed by atoms with Crippen molar-refractivity contribution in [1.29, 1.82) is 0 Å². The maximum absolute atomic E-state index is 2.66. The van der Waals surface area contributed by atoms with Gasteiger partial charge in [0.2, 0.25) is 0 Å². The molecule has 0 aromatic heterocycles. The van der Waals surface area contributed by atoms with E-state index in [9.17, 15) is 0 Å². The molecule has 212 valence electrons. The van der Waals surface area contributed by atoms with Gasteiger partial charge in [-0.05, 0) is 0 Å². The van der Waals surface area contributed by atoms with Crippen LogP contribution < -0.4 is 63.2 Å². The minimum Gasteiger partial charge on any atom is -1.00 e. The van der Waals surface area contributed by atoms with Crippen LogP contribution in [0.5, 0.6) is 0 Å². The smallest absolute Gasteiger partial charge is 1.00 e. The first-order chi connectivity index (χ1) is 17.2. The summed E-state index contributed by atoms with van der Waals surface area (Å²) in [5, 5.41) is 7.76. The van der Waals surface area contributed by atoms with E-state index in [1.165, 1.54) is 21.5 Å². The fourth-order valence-electron chi connectivity index (χ4n) is 6.33. The second-order valence-electron chi connectivity index (χ2n) is 13.2. The van der Waals surface area contributed by atoms with Gasteiger partial charge in [0.1, 0.15) is 0 Å². The van der Waals surface area contributed by atoms with Crippen molar-refractivity contribution in [2.45, 2.75) is 72.0 Å². The molecule has 0 N–H and O–H groups in total. The molecule has 0 saturated carbocycles. The molecule has 7 heteroatoms. The Hall–Kier alpha value is -0.625.